The summed E-state index contributed by atoms with van der Waals surface area (Å²) in [6.45, 7) is 8.01. The van der Waals surface area contributed by atoms with Gasteiger partial charge < -0.3 is 15.5 Å². The number of piperidine rings is 1. The zero-order valence-corrected chi connectivity index (χ0v) is 11.8. The van der Waals surface area contributed by atoms with E-state index >= 15 is 0 Å². The van der Waals surface area contributed by atoms with Crippen LogP contribution in [0, 0.1) is 6.92 Å². The van der Waals surface area contributed by atoms with Crippen molar-refractivity contribution >= 4 is 11.4 Å². The molecule has 2 N–H and O–H groups in total. The fourth-order valence-corrected chi connectivity index (χ4v) is 2.83. The van der Waals surface area contributed by atoms with Gasteiger partial charge in [0.15, 0.2) is 0 Å². The molecule has 0 saturated carbocycles. The molecule has 0 unspecified atom stereocenters. The first kappa shape index (κ1) is 13.2. The predicted octanol–water partition coefficient (Wildman–Crippen LogP) is 2.50. The first-order valence-corrected chi connectivity index (χ1v) is 6.93. The average molecular weight is 247 g/mol. The second-order valence-electron chi connectivity index (χ2n) is 5.32. The molecule has 1 fully saturated rings. The topological polar surface area (TPSA) is 32.5 Å². The number of nitrogens with zero attached hydrogens (tertiary/aromatic N) is 2. The van der Waals surface area contributed by atoms with Crippen LogP contribution in [0.2, 0.25) is 0 Å². The number of likely N-dealkylation sites (tertiary alicyclic amines) is 1. The van der Waals surface area contributed by atoms with Gasteiger partial charge in [0.25, 0.3) is 0 Å². The summed E-state index contributed by atoms with van der Waals surface area (Å²) in [7, 11) is 2.20. The van der Waals surface area contributed by atoms with Crippen LogP contribution in [0.15, 0.2) is 18.2 Å². The number of nitrogen functional groups attached to an aromatic ring is 1. The Kier molecular flexibility index (Phi) is 4.12. The number of aryl methyl sites for hydroxylation is 1. The van der Waals surface area contributed by atoms with E-state index in [9.17, 15) is 0 Å². The molecule has 100 valence electrons. The molecule has 0 spiro atoms. The molecule has 18 heavy (non-hydrogen) atoms. The highest BCUT2D eigenvalue weighted by Gasteiger charge is 2.22. The molecule has 2 rings (SSSR count). The molecule has 1 heterocycles. The van der Waals surface area contributed by atoms with Crippen LogP contribution < -0.4 is 10.6 Å². The standard InChI is InChI=1S/C15H25N3/c1-4-18-9-7-14(8-10-18)17(3)15-11-13(16)6-5-12(15)2/h5-6,11,14H,4,7-10,16H2,1-3H3. The number of nitrogens with two attached hydrogens (primary N) is 1. The minimum atomic E-state index is 0.647. The molecular formula is C15H25N3. The normalized spacial score (nSPS) is 17.9. The molecule has 1 saturated heterocycles. The molecule has 1 aliphatic rings. The summed E-state index contributed by atoms with van der Waals surface area (Å²) in [6, 6.07) is 6.84. The van der Waals surface area contributed by atoms with Crippen molar-refractivity contribution in [2.45, 2.75) is 32.7 Å². The summed E-state index contributed by atoms with van der Waals surface area (Å²) in [5.74, 6) is 0. The smallest absolute Gasteiger partial charge is 0.0416 e. The molecule has 1 aliphatic heterocycles. The van der Waals surface area contributed by atoms with Gasteiger partial charge in [0.1, 0.15) is 0 Å². The van der Waals surface area contributed by atoms with Crippen LogP contribution in [-0.2, 0) is 0 Å². The Morgan fingerprint density at radius 1 is 1.33 bits per heavy atom. The van der Waals surface area contributed by atoms with E-state index in [1.165, 1.54) is 43.7 Å². The minimum Gasteiger partial charge on any atom is -0.399 e. The van der Waals surface area contributed by atoms with Crippen LogP contribution >= 0.6 is 0 Å². The third kappa shape index (κ3) is 2.78. The number of hydrogen-bond acceptors (Lipinski definition) is 3. The van der Waals surface area contributed by atoms with Crippen molar-refractivity contribution in [2.24, 2.45) is 0 Å². The first-order chi connectivity index (χ1) is 8.61. The Balaban J connectivity index is 2.07. The predicted molar refractivity (Wildman–Crippen MR) is 79.1 cm³/mol. The van der Waals surface area contributed by atoms with Crippen LogP contribution in [0.4, 0.5) is 11.4 Å². The molecule has 1 aromatic rings. The van der Waals surface area contributed by atoms with E-state index in [0.717, 1.165) is 5.69 Å². The van der Waals surface area contributed by atoms with Gasteiger partial charge in [0.05, 0.1) is 0 Å². The number of hydrogen-bond donors (Lipinski definition) is 1. The molecule has 0 atom stereocenters. The molecule has 1 aromatic carbocycles. The van der Waals surface area contributed by atoms with Crippen molar-refractivity contribution < 1.29 is 0 Å². The number of rotatable bonds is 3. The van der Waals surface area contributed by atoms with E-state index in [-0.39, 0.29) is 0 Å². The fourth-order valence-electron chi connectivity index (χ4n) is 2.83. The maximum absolute atomic E-state index is 5.90. The van der Waals surface area contributed by atoms with Gasteiger partial charge >= 0.3 is 0 Å². The number of anilines is 2. The lowest BCUT2D eigenvalue weighted by Gasteiger charge is -2.38. The van der Waals surface area contributed by atoms with Crippen molar-refractivity contribution in [2.75, 3.05) is 37.3 Å². The highest BCUT2D eigenvalue weighted by molar-refractivity contribution is 5.61. The zero-order valence-electron chi connectivity index (χ0n) is 11.8. The van der Waals surface area contributed by atoms with Gasteiger partial charge in [-0.15, -0.1) is 0 Å². The summed E-state index contributed by atoms with van der Waals surface area (Å²) in [6.07, 6.45) is 2.50. The van der Waals surface area contributed by atoms with Crippen molar-refractivity contribution in [3.8, 4) is 0 Å². The van der Waals surface area contributed by atoms with Gasteiger partial charge in [-0.1, -0.05) is 13.0 Å². The Hall–Kier alpha value is -1.22. The second kappa shape index (κ2) is 5.61. The molecule has 0 aliphatic carbocycles. The van der Waals surface area contributed by atoms with Crippen molar-refractivity contribution in [3.05, 3.63) is 23.8 Å². The quantitative estimate of drug-likeness (QED) is 0.833. The lowest BCUT2D eigenvalue weighted by atomic mass is 10.0. The average Bonchev–Trinajstić information content (AvgIpc) is 2.41. The van der Waals surface area contributed by atoms with Gasteiger partial charge in [-0.2, -0.15) is 0 Å². The van der Waals surface area contributed by atoms with Crippen LogP contribution in [0.5, 0.6) is 0 Å². The molecule has 0 aromatic heterocycles. The van der Waals surface area contributed by atoms with Crippen molar-refractivity contribution in [1.82, 2.24) is 4.90 Å². The van der Waals surface area contributed by atoms with Crippen LogP contribution in [-0.4, -0.2) is 37.6 Å². The highest BCUT2D eigenvalue weighted by Crippen LogP contribution is 2.26. The third-order valence-corrected chi connectivity index (χ3v) is 4.17. The first-order valence-electron chi connectivity index (χ1n) is 6.93. The van der Waals surface area contributed by atoms with E-state index in [1.54, 1.807) is 0 Å². The summed E-state index contributed by atoms with van der Waals surface area (Å²) in [5, 5.41) is 0. The van der Waals surface area contributed by atoms with Crippen LogP contribution in [0.1, 0.15) is 25.3 Å². The summed E-state index contributed by atoms with van der Waals surface area (Å²) >= 11 is 0. The van der Waals surface area contributed by atoms with Crippen LogP contribution in [0.3, 0.4) is 0 Å². The molecule has 0 bridgehead atoms. The zero-order chi connectivity index (χ0) is 13.1. The van der Waals surface area contributed by atoms with Gasteiger partial charge in [-0.25, -0.2) is 0 Å². The van der Waals surface area contributed by atoms with Gasteiger partial charge in [0, 0.05) is 37.6 Å². The van der Waals surface area contributed by atoms with Crippen molar-refractivity contribution in [1.29, 1.82) is 0 Å². The van der Waals surface area contributed by atoms with Gasteiger partial charge in [-0.3, -0.25) is 0 Å². The Morgan fingerprint density at radius 3 is 2.61 bits per heavy atom. The Morgan fingerprint density at radius 2 is 2.00 bits per heavy atom. The Bertz CT molecular complexity index is 395. The lowest BCUT2D eigenvalue weighted by Crippen LogP contribution is -2.43. The molecule has 0 radical (unpaired) electrons. The minimum absolute atomic E-state index is 0.647. The monoisotopic (exact) mass is 247 g/mol. The summed E-state index contributed by atoms with van der Waals surface area (Å²) in [5.41, 5.74) is 9.35. The highest BCUT2D eigenvalue weighted by atomic mass is 15.2. The maximum Gasteiger partial charge on any atom is 0.0416 e. The molecule has 3 heteroatoms. The van der Waals surface area contributed by atoms with E-state index in [1.807, 2.05) is 6.07 Å². The number of benzene rings is 1. The van der Waals surface area contributed by atoms with E-state index in [2.05, 4.69) is 42.8 Å². The fraction of sp³-hybridized carbons (Fsp3) is 0.600. The molecule has 0 amide bonds. The Labute approximate surface area is 111 Å². The summed E-state index contributed by atoms with van der Waals surface area (Å²) in [4.78, 5) is 4.94. The van der Waals surface area contributed by atoms with E-state index in [0.29, 0.717) is 6.04 Å². The van der Waals surface area contributed by atoms with Crippen LogP contribution in [0.25, 0.3) is 0 Å². The van der Waals surface area contributed by atoms with E-state index < -0.39 is 0 Å². The molecule has 3 nitrogen and oxygen atoms in total. The second-order valence-corrected chi connectivity index (χ2v) is 5.32. The third-order valence-electron chi connectivity index (χ3n) is 4.17. The maximum atomic E-state index is 5.90. The molecular weight excluding hydrogens is 222 g/mol. The summed E-state index contributed by atoms with van der Waals surface area (Å²) < 4.78 is 0. The van der Waals surface area contributed by atoms with E-state index in [4.69, 9.17) is 5.73 Å². The SMILES string of the molecule is CCN1CCC(N(C)c2cc(N)ccc2C)CC1. The van der Waals surface area contributed by atoms with Crippen molar-refractivity contribution in [3.63, 3.8) is 0 Å². The largest absolute Gasteiger partial charge is 0.399 e. The lowest BCUT2D eigenvalue weighted by molar-refractivity contribution is 0.221. The van der Waals surface area contributed by atoms with Gasteiger partial charge in [-0.05, 0) is 44.0 Å². The van der Waals surface area contributed by atoms with Gasteiger partial charge in [0.2, 0.25) is 0 Å².